The minimum absolute atomic E-state index is 0.702. The second-order valence-electron chi connectivity index (χ2n) is 3.83. The lowest BCUT2D eigenvalue weighted by Gasteiger charge is -2.12. The molecule has 0 heterocycles. The minimum Gasteiger partial charge on any atom is -0.487 e. The first-order valence-electron chi connectivity index (χ1n) is 5.35. The van der Waals surface area contributed by atoms with E-state index in [2.05, 4.69) is 4.74 Å². The molecular formula is C11H7F7O3. The van der Waals surface area contributed by atoms with Crippen LogP contribution in [-0.2, 0) is 0 Å². The molecule has 10 heteroatoms. The Balaban J connectivity index is 2.97. The Morgan fingerprint density at radius 3 is 1.86 bits per heavy atom. The third-order valence-corrected chi connectivity index (χ3v) is 2.29. The van der Waals surface area contributed by atoms with Gasteiger partial charge in [0.15, 0.2) is 17.4 Å². The molecule has 0 aliphatic heterocycles. The second-order valence-corrected chi connectivity index (χ2v) is 3.83. The molecule has 1 rings (SSSR count). The van der Waals surface area contributed by atoms with Crippen molar-refractivity contribution in [1.29, 1.82) is 0 Å². The maximum atomic E-state index is 13.3. The van der Waals surface area contributed by atoms with Crippen LogP contribution in [0.25, 0.3) is 0 Å². The van der Waals surface area contributed by atoms with E-state index in [-0.39, 0.29) is 0 Å². The molecule has 0 radical (unpaired) electrons. The maximum Gasteiger partial charge on any atom is 0.389 e. The van der Waals surface area contributed by atoms with Crippen molar-refractivity contribution in [2.75, 3.05) is 6.61 Å². The predicted octanol–water partition coefficient (Wildman–Crippen LogP) is 3.66. The molecule has 0 atom stereocenters. The fourth-order valence-corrected chi connectivity index (χ4v) is 1.37. The van der Waals surface area contributed by atoms with E-state index in [4.69, 9.17) is 5.11 Å². The van der Waals surface area contributed by atoms with Gasteiger partial charge in [0.2, 0.25) is 11.6 Å². The van der Waals surface area contributed by atoms with Gasteiger partial charge >= 0.3 is 12.1 Å². The molecule has 0 aromatic heterocycles. The Morgan fingerprint density at radius 1 is 1.00 bits per heavy atom. The lowest BCUT2D eigenvalue weighted by Crippen LogP contribution is -2.14. The number of rotatable bonds is 5. The van der Waals surface area contributed by atoms with Crippen LogP contribution < -0.4 is 4.74 Å². The Labute approximate surface area is 112 Å². The number of alkyl halides is 3. The van der Waals surface area contributed by atoms with Crippen LogP contribution >= 0.6 is 0 Å². The Morgan fingerprint density at radius 2 is 1.48 bits per heavy atom. The first-order valence-corrected chi connectivity index (χ1v) is 5.35. The molecule has 1 aromatic carbocycles. The van der Waals surface area contributed by atoms with Gasteiger partial charge in [-0.3, -0.25) is 0 Å². The van der Waals surface area contributed by atoms with Gasteiger partial charge in [0.1, 0.15) is 5.56 Å². The molecule has 21 heavy (non-hydrogen) atoms. The molecule has 3 nitrogen and oxygen atoms in total. The molecule has 0 bridgehead atoms. The summed E-state index contributed by atoms with van der Waals surface area (Å²) in [5, 5.41) is 8.41. The normalized spacial score (nSPS) is 11.6. The Hall–Kier alpha value is -2.00. The summed E-state index contributed by atoms with van der Waals surface area (Å²) >= 11 is 0. The third-order valence-electron chi connectivity index (χ3n) is 2.29. The average Bonchev–Trinajstić information content (AvgIpc) is 2.34. The van der Waals surface area contributed by atoms with Crippen LogP contribution in [0.5, 0.6) is 5.75 Å². The second kappa shape index (κ2) is 6.19. The van der Waals surface area contributed by atoms with E-state index in [0.29, 0.717) is 0 Å². The van der Waals surface area contributed by atoms with E-state index < -0.39 is 66.2 Å². The van der Waals surface area contributed by atoms with Gasteiger partial charge in [-0.1, -0.05) is 0 Å². The summed E-state index contributed by atoms with van der Waals surface area (Å²) < 4.78 is 92.8. The SMILES string of the molecule is O=C(O)c1c(F)c(F)c(OCCCC(F)(F)F)c(F)c1F. The lowest BCUT2D eigenvalue weighted by molar-refractivity contribution is -0.136. The van der Waals surface area contributed by atoms with Gasteiger partial charge in [-0.05, 0) is 6.42 Å². The summed E-state index contributed by atoms with van der Waals surface area (Å²) in [5.41, 5.74) is -1.85. The van der Waals surface area contributed by atoms with E-state index >= 15 is 0 Å². The first-order chi connectivity index (χ1) is 9.56. The fourth-order valence-electron chi connectivity index (χ4n) is 1.37. The van der Waals surface area contributed by atoms with Gasteiger partial charge < -0.3 is 9.84 Å². The molecule has 0 unspecified atom stereocenters. The summed E-state index contributed by atoms with van der Waals surface area (Å²) in [4.78, 5) is 10.4. The van der Waals surface area contributed by atoms with Crippen molar-refractivity contribution in [3.63, 3.8) is 0 Å². The maximum absolute atomic E-state index is 13.3. The zero-order valence-electron chi connectivity index (χ0n) is 10.0. The number of carbonyl (C=O) groups is 1. The van der Waals surface area contributed by atoms with Crippen molar-refractivity contribution in [3.05, 3.63) is 28.8 Å². The number of carboxylic acid groups (broad SMARTS) is 1. The molecule has 0 saturated carbocycles. The molecule has 0 aliphatic carbocycles. The largest absolute Gasteiger partial charge is 0.487 e. The number of halogens is 7. The standard InChI is InChI=1S/C11H7F7O3/c12-5-4(10(19)20)6(13)8(15)9(7(5)14)21-3-1-2-11(16,17)18/h1-3H2,(H,19,20). The number of hydrogen-bond acceptors (Lipinski definition) is 2. The highest BCUT2D eigenvalue weighted by Gasteiger charge is 2.31. The van der Waals surface area contributed by atoms with E-state index in [1.807, 2.05) is 0 Å². The summed E-state index contributed by atoms with van der Waals surface area (Å²) in [7, 11) is 0. The van der Waals surface area contributed by atoms with Gasteiger partial charge in [-0.25, -0.2) is 13.6 Å². The molecule has 1 N–H and O–H groups in total. The Kier molecular flexibility index (Phi) is 5.02. The topological polar surface area (TPSA) is 46.5 Å². The quantitative estimate of drug-likeness (QED) is 0.512. The number of carboxylic acids is 1. The zero-order chi connectivity index (χ0) is 16.4. The van der Waals surface area contributed by atoms with Gasteiger partial charge in [0.25, 0.3) is 0 Å². The fraction of sp³-hybridized carbons (Fsp3) is 0.364. The summed E-state index contributed by atoms with van der Waals surface area (Å²) in [6.45, 7) is -0.862. The molecule has 0 amide bonds. The number of ether oxygens (including phenoxy) is 1. The molecule has 0 fully saturated rings. The van der Waals surface area contributed by atoms with E-state index in [1.54, 1.807) is 0 Å². The van der Waals surface area contributed by atoms with E-state index in [0.717, 1.165) is 0 Å². The van der Waals surface area contributed by atoms with Crippen LogP contribution in [0.4, 0.5) is 30.7 Å². The van der Waals surface area contributed by atoms with Crippen molar-refractivity contribution in [2.45, 2.75) is 19.0 Å². The third kappa shape index (κ3) is 3.99. The highest BCUT2D eigenvalue weighted by molar-refractivity contribution is 5.88. The molecule has 118 valence electrons. The van der Waals surface area contributed by atoms with Crippen molar-refractivity contribution in [1.82, 2.24) is 0 Å². The number of aromatic carboxylic acids is 1. The van der Waals surface area contributed by atoms with Crippen LogP contribution in [0.1, 0.15) is 23.2 Å². The van der Waals surface area contributed by atoms with Crippen LogP contribution in [-0.4, -0.2) is 23.9 Å². The van der Waals surface area contributed by atoms with E-state index in [9.17, 15) is 35.5 Å². The first kappa shape index (κ1) is 17.1. The van der Waals surface area contributed by atoms with E-state index in [1.165, 1.54) is 0 Å². The van der Waals surface area contributed by atoms with Crippen molar-refractivity contribution in [2.24, 2.45) is 0 Å². The molecule has 0 saturated heterocycles. The lowest BCUT2D eigenvalue weighted by atomic mass is 10.1. The zero-order valence-corrected chi connectivity index (χ0v) is 10.0. The van der Waals surface area contributed by atoms with Gasteiger partial charge in [-0.2, -0.15) is 22.0 Å². The highest BCUT2D eigenvalue weighted by Crippen LogP contribution is 2.30. The van der Waals surface area contributed by atoms with Crippen LogP contribution in [0.3, 0.4) is 0 Å². The monoisotopic (exact) mass is 320 g/mol. The minimum atomic E-state index is -4.52. The van der Waals surface area contributed by atoms with Gasteiger partial charge in [0, 0.05) is 6.42 Å². The van der Waals surface area contributed by atoms with Crippen molar-refractivity contribution < 1.29 is 45.4 Å². The summed E-state index contributed by atoms with van der Waals surface area (Å²) in [6, 6.07) is 0. The summed E-state index contributed by atoms with van der Waals surface area (Å²) in [5.74, 6) is -12.5. The molecule has 1 aromatic rings. The number of benzene rings is 1. The molecule has 0 spiro atoms. The Bertz CT molecular complexity index is 525. The molecular weight excluding hydrogens is 313 g/mol. The van der Waals surface area contributed by atoms with Gasteiger partial charge in [-0.15, -0.1) is 0 Å². The molecule has 0 aliphatic rings. The predicted molar refractivity (Wildman–Crippen MR) is 54.0 cm³/mol. The average molecular weight is 320 g/mol. The summed E-state index contributed by atoms with van der Waals surface area (Å²) in [6.07, 6.45) is -6.55. The van der Waals surface area contributed by atoms with Gasteiger partial charge in [0.05, 0.1) is 6.61 Å². The smallest absolute Gasteiger partial charge is 0.389 e. The van der Waals surface area contributed by atoms with Crippen molar-refractivity contribution >= 4 is 5.97 Å². The van der Waals surface area contributed by atoms with Crippen LogP contribution in [0, 0.1) is 23.3 Å². The van der Waals surface area contributed by atoms with Crippen LogP contribution in [0.15, 0.2) is 0 Å². The highest BCUT2D eigenvalue weighted by atomic mass is 19.4. The van der Waals surface area contributed by atoms with Crippen molar-refractivity contribution in [3.8, 4) is 5.75 Å². The van der Waals surface area contributed by atoms with Crippen LogP contribution in [0.2, 0.25) is 0 Å². The number of hydrogen-bond donors (Lipinski definition) is 1.